The number of methoxy groups -OCH3 is 1. The Morgan fingerprint density at radius 2 is 1.73 bits per heavy atom. The van der Waals surface area contributed by atoms with E-state index in [1.807, 2.05) is 0 Å². The van der Waals surface area contributed by atoms with Gasteiger partial charge >= 0.3 is 6.09 Å². The van der Waals surface area contributed by atoms with Crippen molar-refractivity contribution < 1.29 is 63.7 Å². The first-order chi connectivity index (χ1) is 24.9. The van der Waals surface area contributed by atoms with Crippen LogP contribution in [0.5, 0.6) is 17.2 Å². The third kappa shape index (κ3) is 6.10. The number of rotatable bonds is 8. The normalized spacial score (nSPS) is 31.6. The van der Waals surface area contributed by atoms with Gasteiger partial charge in [0.05, 0.1) is 48.7 Å². The molecule has 2 fully saturated rings. The Morgan fingerprint density at radius 1 is 1.04 bits per heavy atom. The molecule has 6 N–H and O–H groups in total. The second-order valence-corrected chi connectivity index (χ2v) is 14.3. The Labute approximate surface area is 299 Å². The number of carbonyl (C=O) groups excluding carboxylic acids is 4. The van der Waals surface area contributed by atoms with E-state index in [9.17, 15) is 44.7 Å². The van der Waals surface area contributed by atoms with Crippen molar-refractivity contribution in [2.24, 2.45) is 17.8 Å². The molecule has 7 rings (SSSR count). The van der Waals surface area contributed by atoms with Gasteiger partial charge < -0.3 is 49.8 Å². The second kappa shape index (κ2) is 13.8. The van der Waals surface area contributed by atoms with Crippen LogP contribution >= 0.6 is 0 Å². The van der Waals surface area contributed by atoms with Crippen molar-refractivity contribution in [2.45, 2.75) is 88.1 Å². The Hall–Kier alpha value is -4.52. The van der Waals surface area contributed by atoms with E-state index in [0.29, 0.717) is 11.8 Å². The maximum Gasteiger partial charge on any atom is 0.407 e. The Morgan fingerprint density at radius 3 is 2.40 bits per heavy atom. The van der Waals surface area contributed by atoms with E-state index in [1.54, 1.807) is 6.92 Å². The number of ketones is 3. The maximum atomic E-state index is 13.9. The van der Waals surface area contributed by atoms with Crippen molar-refractivity contribution in [1.29, 1.82) is 0 Å². The van der Waals surface area contributed by atoms with Crippen molar-refractivity contribution in [2.75, 3.05) is 20.3 Å². The van der Waals surface area contributed by atoms with Gasteiger partial charge in [-0.15, -0.1) is 11.8 Å². The van der Waals surface area contributed by atoms with E-state index in [1.165, 1.54) is 25.3 Å². The molecule has 14 nitrogen and oxygen atoms in total. The summed E-state index contributed by atoms with van der Waals surface area (Å²) in [5.74, 6) is 3.52. The largest absolute Gasteiger partial charge is 0.507 e. The molecule has 2 aromatic carbocycles. The van der Waals surface area contributed by atoms with Crippen LogP contribution in [-0.4, -0.2) is 99.4 Å². The zero-order valence-electron chi connectivity index (χ0n) is 28.7. The summed E-state index contributed by atoms with van der Waals surface area (Å²) in [5.41, 5.74) is -3.93. The Bertz CT molecular complexity index is 1880. The van der Waals surface area contributed by atoms with Crippen LogP contribution in [0.1, 0.15) is 94.5 Å². The fourth-order valence-corrected chi connectivity index (χ4v) is 8.51. The van der Waals surface area contributed by atoms with Crippen LogP contribution < -0.4 is 10.1 Å². The number of aromatic hydroxyl groups is 2. The molecule has 1 saturated heterocycles. The van der Waals surface area contributed by atoms with Crippen molar-refractivity contribution in [1.82, 2.24) is 5.32 Å². The first-order valence-electron chi connectivity index (χ1n) is 17.5. The lowest BCUT2D eigenvalue weighted by Crippen LogP contribution is -2.56. The zero-order chi connectivity index (χ0) is 37.1. The van der Waals surface area contributed by atoms with Gasteiger partial charge in [0, 0.05) is 48.8 Å². The summed E-state index contributed by atoms with van der Waals surface area (Å²) in [6.45, 7) is 0.726. The molecule has 4 aliphatic carbocycles. The van der Waals surface area contributed by atoms with Crippen molar-refractivity contribution in [3.63, 3.8) is 0 Å². The molecule has 2 unspecified atom stereocenters. The highest BCUT2D eigenvalue weighted by molar-refractivity contribution is 6.31. The highest BCUT2D eigenvalue weighted by Gasteiger charge is 2.51. The maximum absolute atomic E-state index is 13.9. The smallest absolute Gasteiger partial charge is 0.407 e. The van der Waals surface area contributed by atoms with Crippen LogP contribution in [0.15, 0.2) is 18.2 Å². The first-order valence-corrected chi connectivity index (χ1v) is 17.5. The number of hydrogen-bond acceptors (Lipinski definition) is 13. The zero-order valence-corrected chi connectivity index (χ0v) is 28.7. The van der Waals surface area contributed by atoms with E-state index in [2.05, 4.69) is 17.2 Å². The predicted molar refractivity (Wildman–Crippen MR) is 179 cm³/mol. The Balaban J connectivity index is 1.15. The number of phenolic OH excluding ortho intramolecular Hbond substituents is 2. The second-order valence-electron chi connectivity index (χ2n) is 14.3. The van der Waals surface area contributed by atoms with Crippen LogP contribution in [0, 0.1) is 29.6 Å². The van der Waals surface area contributed by atoms with E-state index >= 15 is 0 Å². The summed E-state index contributed by atoms with van der Waals surface area (Å²) >= 11 is 0. The quantitative estimate of drug-likeness (QED) is 0.146. The minimum Gasteiger partial charge on any atom is -0.507 e. The lowest BCUT2D eigenvalue weighted by atomic mass is 9.72. The fraction of sp³-hybridized carbons (Fsp3) is 0.526. The number of aliphatic hydroxyl groups excluding tert-OH is 2. The van der Waals surface area contributed by atoms with Crippen LogP contribution in [0.4, 0.5) is 4.79 Å². The van der Waals surface area contributed by atoms with Crippen LogP contribution in [0.3, 0.4) is 0 Å². The van der Waals surface area contributed by atoms with Gasteiger partial charge in [-0.2, -0.15) is 0 Å². The van der Waals surface area contributed by atoms with E-state index < -0.39 is 102 Å². The van der Waals surface area contributed by atoms with Gasteiger partial charge in [-0.25, -0.2) is 4.79 Å². The summed E-state index contributed by atoms with van der Waals surface area (Å²) in [4.78, 5) is 53.5. The summed E-state index contributed by atoms with van der Waals surface area (Å²) in [6, 6.07) is 3.42. The number of alkyl carbamates (subject to hydrolysis) is 1. The van der Waals surface area contributed by atoms with Crippen molar-refractivity contribution in [3.05, 3.63) is 51.6 Å². The number of ether oxygens (including phenoxy) is 4. The lowest BCUT2D eigenvalue weighted by Gasteiger charge is -2.42. The average Bonchev–Trinajstić information content (AvgIpc) is 3.77. The van der Waals surface area contributed by atoms with E-state index in [4.69, 9.17) is 18.9 Å². The monoisotopic (exact) mass is 719 g/mol. The molecular weight excluding hydrogens is 678 g/mol. The number of carbonyl (C=O) groups is 4. The molecule has 1 saturated carbocycles. The SMILES string of the molecule is COc1cccc2c1C(=O)c1c(O)c3c(c(O)c1C2=O)C[C@@](O)(C(=O)CO)C[C@@H]3O[C@H]1C[C@H](NC(=O)OCC2C3CCC#CCCC32)[C@@H](O)[C@H](C)O1. The fourth-order valence-electron chi connectivity index (χ4n) is 8.51. The molecule has 14 heteroatoms. The molecule has 0 bridgehead atoms. The van der Waals surface area contributed by atoms with Crippen molar-refractivity contribution in [3.8, 4) is 29.1 Å². The highest BCUT2D eigenvalue weighted by Crippen LogP contribution is 2.54. The average molecular weight is 720 g/mol. The molecule has 1 amide bonds. The van der Waals surface area contributed by atoms with Gasteiger partial charge in [0.15, 0.2) is 17.9 Å². The van der Waals surface area contributed by atoms with Gasteiger partial charge in [-0.1, -0.05) is 12.1 Å². The van der Waals surface area contributed by atoms with Gasteiger partial charge in [-0.3, -0.25) is 14.4 Å². The molecule has 0 radical (unpaired) electrons. The van der Waals surface area contributed by atoms with Gasteiger partial charge in [-0.05, 0) is 43.6 Å². The summed E-state index contributed by atoms with van der Waals surface area (Å²) < 4.78 is 23.0. The van der Waals surface area contributed by atoms with E-state index in [0.717, 1.165) is 25.7 Å². The van der Waals surface area contributed by atoms with E-state index in [-0.39, 0.29) is 46.9 Å². The number of benzene rings is 2. The van der Waals surface area contributed by atoms with Crippen molar-refractivity contribution >= 4 is 23.4 Å². The third-order valence-corrected chi connectivity index (χ3v) is 11.3. The molecule has 2 aromatic rings. The third-order valence-electron chi connectivity index (χ3n) is 11.3. The first kappa shape index (κ1) is 35.9. The number of hydrogen-bond donors (Lipinski definition) is 6. The minimum absolute atomic E-state index is 0.0741. The number of phenols is 2. The highest BCUT2D eigenvalue weighted by atomic mass is 16.7. The number of nitrogens with one attached hydrogen (secondary N) is 1. The number of Topliss-reactive ketones (excluding diaryl/α,β-unsaturated/α-hetero) is 1. The van der Waals surface area contributed by atoms with Gasteiger partial charge in [0.2, 0.25) is 5.78 Å². The predicted octanol–water partition coefficient (Wildman–Crippen LogP) is 2.21. The molecule has 5 aliphatic rings. The van der Waals surface area contributed by atoms with Gasteiger partial charge in [0.25, 0.3) is 0 Å². The molecule has 1 heterocycles. The molecule has 0 spiro atoms. The molecule has 52 heavy (non-hydrogen) atoms. The topological polar surface area (TPSA) is 218 Å². The molecule has 0 aromatic heterocycles. The minimum atomic E-state index is -2.32. The lowest BCUT2D eigenvalue weighted by molar-refractivity contribution is -0.249. The number of fused-ring (bicyclic) bond motifs is 4. The van der Waals surface area contributed by atoms with Crippen LogP contribution in [-0.2, 0) is 25.4 Å². The standard InChI is InChI=1S/C38H41NO13/c1-17-32(42)23(39-37(47)50-16-22-18-8-5-3-4-6-9-19(18)22)12-27(51-17)52-25-14-38(48,26(41)15-40)13-21-29(25)36(46)31-30(34(21)44)33(43)20-10-7-11-24(49-2)28(20)35(31)45/h7,10-11,17-19,22-23,25,27,32,40,42,44,46,48H,5-6,8-9,12-16H2,1-2H3,(H,39,47)/t17-,18?,19?,22?,23-,25-,27-,32-,38-/m0/s1. The summed E-state index contributed by atoms with van der Waals surface area (Å²) in [5, 5.41) is 58.2. The molecule has 1 aliphatic heterocycles. The number of aliphatic hydroxyl groups is 3. The molecular formula is C38H41NO13. The molecule has 8 atom stereocenters. The van der Waals surface area contributed by atoms with Gasteiger partial charge in [0.1, 0.15) is 35.6 Å². The van der Waals surface area contributed by atoms with Crippen LogP contribution in [0.25, 0.3) is 0 Å². The Kier molecular flexibility index (Phi) is 9.51. The number of amides is 1. The molecule has 276 valence electrons. The summed E-state index contributed by atoms with van der Waals surface area (Å²) in [7, 11) is 1.32. The summed E-state index contributed by atoms with van der Waals surface area (Å²) in [6.07, 6.45) is -3.17. The van der Waals surface area contributed by atoms with Crippen LogP contribution in [0.2, 0.25) is 0 Å².